The van der Waals surface area contributed by atoms with E-state index in [1.807, 2.05) is 11.3 Å². The van der Waals surface area contributed by atoms with Gasteiger partial charge in [0, 0.05) is 55.3 Å². The molecular weight excluding hydrogens is 389 g/mol. The fraction of sp³-hybridized carbons (Fsp3) is 0.591. The van der Waals surface area contributed by atoms with Crippen molar-refractivity contribution >= 4 is 11.3 Å². The van der Waals surface area contributed by atoms with Gasteiger partial charge < -0.3 is 9.84 Å². The number of aliphatic hydroxyl groups excluding tert-OH is 1. The van der Waals surface area contributed by atoms with Crippen LogP contribution in [-0.4, -0.2) is 59.3 Å². The summed E-state index contributed by atoms with van der Waals surface area (Å²) in [6, 6.07) is 5.26. The van der Waals surface area contributed by atoms with Crippen molar-refractivity contribution in [2.24, 2.45) is 0 Å². The van der Waals surface area contributed by atoms with Gasteiger partial charge in [-0.1, -0.05) is 6.07 Å². The number of rotatable bonds is 7. The number of hydrogen-bond donors (Lipinski definition) is 1. The topological polar surface area (TPSA) is 48.8 Å². The van der Waals surface area contributed by atoms with Crippen LogP contribution in [0, 0.1) is 5.82 Å². The molecule has 1 aromatic carbocycles. The number of methoxy groups -OCH3 is 1. The van der Waals surface area contributed by atoms with Crippen molar-refractivity contribution in [2.45, 2.75) is 51.2 Å². The molecule has 0 radical (unpaired) electrons. The summed E-state index contributed by atoms with van der Waals surface area (Å²) in [4.78, 5) is 11.1. The fourth-order valence-corrected chi connectivity index (χ4v) is 5.60. The van der Waals surface area contributed by atoms with E-state index in [9.17, 15) is 9.50 Å². The van der Waals surface area contributed by atoms with Crippen molar-refractivity contribution in [1.82, 2.24) is 14.8 Å². The first-order valence-corrected chi connectivity index (χ1v) is 11.3. The van der Waals surface area contributed by atoms with Crippen molar-refractivity contribution in [3.8, 4) is 5.75 Å². The maximum absolute atomic E-state index is 14.4. The quantitative estimate of drug-likeness (QED) is 0.747. The molecule has 4 rings (SSSR count). The Labute approximate surface area is 176 Å². The molecule has 1 saturated heterocycles. The molecule has 1 atom stereocenters. The van der Waals surface area contributed by atoms with Crippen LogP contribution >= 0.6 is 11.3 Å². The third-order valence-electron chi connectivity index (χ3n) is 6.03. The van der Waals surface area contributed by atoms with E-state index in [1.165, 1.54) is 40.9 Å². The van der Waals surface area contributed by atoms with E-state index in [2.05, 4.69) is 9.80 Å². The molecule has 1 aromatic heterocycles. The van der Waals surface area contributed by atoms with E-state index < -0.39 is 0 Å². The molecule has 5 nitrogen and oxygen atoms in total. The highest BCUT2D eigenvalue weighted by Gasteiger charge is 2.28. The average molecular weight is 420 g/mol. The molecule has 0 saturated carbocycles. The molecule has 1 aliphatic heterocycles. The Kier molecular flexibility index (Phi) is 6.80. The number of benzene rings is 1. The minimum absolute atomic E-state index is 0.144. The van der Waals surface area contributed by atoms with Crippen molar-refractivity contribution < 1.29 is 14.2 Å². The van der Waals surface area contributed by atoms with Crippen LogP contribution in [0.5, 0.6) is 5.75 Å². The van der Waals surface area contributed by atoms with E-state index in [-0.39, 0.29) is 18.5 Å². The molecule has 1 fully saturated rings. The van der Waals surface area contributed by atoms with Gasteiger partial charge in [0.05, 0.1) is 19.3 Å². The predicted octanol–water partition coefficient (Wildman–Crippen LogP) is 3.24. The monoisotopic (exact) mass is 419 g/mol. The van der Waals surface area contributed by atoms with Crippen molar-refractivity contribution in [3.05, 3.63) is 45.2 Å². The highest BCUT2D eigenvalue weighted by molar-refractivity contribution is 7.11. The van der Waals surface area contributed by atoms with Crippen LogP contribution in [-0.2, 0) is 25.9 Å². The minimum Gasteiger partial charge on any atom is -0.497 e. The normalized spacial score (nSPS) is 20.6. The van der Waals surface area contributed by atoms with Gasteiger partial charge in [0.1, 0.15) is 16.6 Å². The molecule has 29 heavy (non-hydrogen) atoms. The maximum atomic E-state index is 14.4. The van der Waals surface area contributed by atoms with E-state index in [4.69, 9.17) is 9.72 Å². The van der Waals surface area contributed by atoms with E-state index >= 15 is 0 Å². The number of aromatic nitrogens is 1. The molecule has 7 heteroatoms. The Morgan fingerprint density at radius 2 is 2.10 bits per heavy atom. The molecule has 2 aromatic rings. The summed E-state index contributed by atoms with van der Waals surface area (Å²) in [6.07, 6.45) is 5.55. The molecule has 0 amide bonds. The van der Waals surface area contributed by atoms with Crippen LogP contribution < -0.4 is 4.74 Å². The largest absolute Gasteiger partial charge is 0.497 e. The Balaban J connectivity index is 1.40. The molecule has 0 bridgehead atoms. The predicted molar refractivity (Wildman–Crippen MR) is 113 cm³/mol. The van der Waals surface area contributed by atoms with Crippen LogP contribution in [0.4, 0.5) is 4.39 Å². The molecule has 2 heterocycles. The van der Waals surface area contributed by atoms with Gasteiger partial charge in [-0.3, -0.25) is 9.80 Å². The lowest BCUT2D eigenvalue weighted by atomic mass is 10.0. The lowest BCUT2D eigenvalue weighted by Gasteiger charge is -2.41. The molecule has 0 unspecified atom stereocenters. The van der Waals surface area contributed by atoms with Gasteiger partial charge in [0.15, 0.2) is 0 Å². The summed E-state index contributed by atoms with van der Waals surface area (Å²) >= 11 is 1.88. The third-order valence-corrected chi connectivity index (χ3v) is 7.18. The maximum Gasteiger partial charge on any atom is 0.131 e. The lowest BCUT2D eigenvalue weighted by Crippen LogP contribution is -2.52. The standard InChI is InChI=1S/C22H30FN3O2S/c1-28-18-7-6-16(19(23)12-18)13-26-10-9-25(14-17(26)8-11-27)15-22-24-20-4-2-3-5-21(20)29-22/h6-7,12,17,27H,2-5,8-11,13-15H2,1H3/t17-/m1/s1. The SMILES string of the molecule is COc1ccc(CN2CCN(Cc3nc4c(s3)CCCC4)C[C@H]2CCO)c(F)c1. The molecule has 1 aliphatic carbocycles. The molecule has 158 valence electrons. The summed E-state index contributed by atoms with van der Waals surface area (Å²) in [6.45, 7) is 4.25. The number of halogens is 1. The van der Waals surface area contributed by atoms with Crippen LogP contribution in [0.25, 0.3) is 0 Å². The molecular formula is C22H30FN3O2S. The summed E-state index contributed by atoms with van der Waals surface area (Å²) in [5.74, 6) is 0.303. The highest BCUT2D eigenvalue weighted by Crippen LogP contribution is 2.28. The average Bonchev–Trinajstić information content (AvgIpc) is 3.13. The van der Waals surface area contributed by atoms with Gasteiger partial charge in [-0.05, 0) is 38.2 Å². The first-order valence-electron chi connectivity index (χ1n) is 10.5. The Hall–Kier alpha value is -1.54. The van der Waals surface area contributed by atoms with Crippen LogP contribution in [0.1, 0.15) is 40.4 Å². The lowest BCUT2D eigenvalue weighted by molar-refractivity contribution is 0.0492. The zero-order valence-corrected chi connectivity index (χ0v) is 17.9. The van der Waals surface area contributed by atoms with Crippen molar-refractivity contribution in [2.75, 3.05) is 33.4 Å². The number of fused-ring (bicyclic) bond motifs is 1. The number of hydrogen-bond acceptors (Lipinski definition) is 6. The number of nitrogens with zero attached hydrogens (tertiary/aromatic N) is 3. The second-order valence-electron chi connectivity index (χ2n) is 8.01. The molecule has 2 aliphatic rings. The van der Waals surface area contributed by atoms with Crippen molar-refractivity contribution in [3.63, 3.8) is 0 Å². The van der Waals surface area contributed by atoms with Gasteiger partial charge >= 0.3 is 0 Å². The van der Waals surface area contributed by atoms with Gasteiger partial charge in [-0.25, -0.2) is 9.37 Å². The number of piperazine rings is 1. The molecule has 0 spiro atoms. The van der Waals surface area contributed by atoms with Gasteiger partial charge in [-0.15, -0.1) is 11.3 Å². The third kappa shape index (κ3) is 4.97. The number of ether oxygens (including phenoxy) is 1. The smallest absolute Gasteiger partial charge is 0.131 e. The number of thiazole rings is 1. The number of aliphatic hydroxyl groups is 1. The second-order valence-corrected chi connectivity index (χ2v) is 9.18. The number of aryl methyl sites for hydroxylation is 2. The van der Waals surface area contributed by atoms with E-state index in [0.717, 1.165) is 32.6 Å². The summed E-state index contributed by atoms with van der Waals surface area (Å²) in [7, 11) is 1.55. The fourth-order valence-electron chi connectivity index (χ4n) is 4.40. The van der Waals surface area contributed by atoms with Crippen LogP contribution in [0.15, 0.2) is 18.2 Å². The zero-order valence-electron chi connectivity index (χ0n) is 17.1. The van der Waals surface area contributed by atoms with Crippen LogP contribution in [0.2, 0.25) is 0 Å². The minimum atomic E-state index is -0.233. The Bertz CT molecular complexity index is 805. The van der Waals surface area contributed by atoms with Gasteiger partial charge in [0.2, 0.25) is 0 Å². The summed E-state index contributed by atoms with van der Waals surface area (Å²) in [5.41, 5.74) is 1.99. The van der Waals surface area contributed by atoms with E-state index in [0.29, 0.717) is 24.3 Å². The highest BCUT2D eigenvalue weighted by atomic mass is 32.1. The second kappa shape index (κ2) is 9.51. The Morgan fingerprint density at radius 1 is 1.24 bits per heavy atom. The first kappa shape index (κ1) is 20.7. The van der Waals surface area contributed by atoms with Crippen molar-refractivity contribution in [1.29, 1.82) is 0 Å². The first-order chi connectivity index (χ1) is 14.2. The summed E-state index contributed by atoms with van der Waals surface area (Å²) < 4.78 is 19.5. The van der Waals surface area contributed by atoms with Crippen LogP contribution in [0.3, 0.4) is 0 Å². The van der Waals surface area contributed by atoms with Gasteiger partial charge in [-0.2, -0.15) is 0 Å². The van der Waals surface area contributed by atoms with E-state index in [1.54, 1.807) is 19.2 Å². The summed E-state index contributed by atoms with van der Waals surface area (Å²) in [5, 5.41) is 10.8. The molecule has 1 N–H and O–H groups in total. The Morgan fingerprint density at radius 3 is 2.86 bits per heavy atom. The van der Waals surface area contributed by atoms with Gasteiger partial charge in [0.25, 0.3) is 0 Å². The zero-order chi connectivity index (χ0) is 20.2.